The Hall–Kier alpha value is -3.22. The number of hydrogen-bond acceptors (Lipinski definition) is 6. The van der Waals surface area contributed by atoms with Crippen LogP contribution in [-0.2, 0) is 0 Å². The Morgan fingerprint density at radius 2 is 1.57 bits per heavy atom. The molecule has 0 N–H and O–H groups in total. The van der Waals surface area contributed by atoms with Crippen LogP contribution in [0.25, 0.3) is 16.5 Å². The molecule has 0 radical (unpaired) electrons. The van der Waals surface area contributed by atoms with Crippen LogP contribution in [0.15, 0.2) is 41.3 Å². The van der Waals surface area contributed by atoms with Crippen molar-refractivity contribution < 1.29 is 18.9 Å². The Bertz CT molecular complexity index is 1010. The van der Waals surface area contributed by atoms with Gasteiger partial charge in [0.25, 0.3) is 5.56 Å². The zero-order chi connectivity index (χ0) is 15.4. The number of rotatable bonds is 1. The third-order valence-corrected chi connectivity index (χ3v) is 3.88. The van der Waals surface area contributed by atoms with Gasteiger partial charge in [-0.2, -0.15) is 9.78 Å². The average molecular weight is 310 g/mol. The highest BCUT2D eigenvalue weighted by Crippen LogP contribution is 2.35. The topological polar surface area (TPSA) is 71.8 Å². The van der Waals surface area contributed by atoms with Gasteiger partial charge in [-0.3, -0.25) is 4.79 Å². The molecule has 2 aliphatic heterocycles. The lowest BCUT2D eigenvalue weighted by Gasteiger charge is -2.07. The van der Waals surface area contributed by atoms with E-state index in [0.717, 1.165) is 0 Å². The summed E-state index contributed by atoms with van der Waals surface area (Å²) in [7, 11) is 0. The van der Waals surface area contributed by atoms with Crippen molar-refractivity contribution in [3.63, 3.8) is 0 Å². The van der Waals surface area contributed by atoms with Gasteiger partial charge in [-0.1, -0.05) is 0 Å². The summed E-state index contributed by atoms with van der Waals surface area (Å²) in [5.41, 5.74) is 0.374. The molecule has 0 aliphatic carbocycles. The van der Waals surface area contributed by atoms with E-state index in [1.165, 1.54) is 4.68 Å². The van der Waals surface area contributed by atoms with E-state index in [0.29, 0.717) is 39.5 Å². The summed E-state index contributed by atoms with van der Waals surface area (Å²) < 4.78 is 22.6. The molecule has 2 aromatic carbocycles. The summed E-state index contributed by atoms with van der Waals surface area (Å²) in [6.45, 7) is 0.345. The van der Waals surface area contributed by atoms with Gasteiger partial charge < -0.3 is 18.9 Å². The second-order valence-corrected chi connectivity index (χ2v) is 5.19. The van der Waals surface area contributed by atoms with Crippen LogP contribution in [0.2, 0.25) is 0 Å². The van der Waals surface area contributed by atoms with E-state index in [1.54, 1.807) is 36.5 Å². The Labute approximate surface area is 129 Å². The smallest absolute Gasteiger partial charge is 0.279 e. The Kier molecular flexibility index (Phi) is 2.35. The number of fused-ring (bicyclic) bond motifs is 3. The Morgan fingerprint density at radius 1 is 0.870 bits per heavy atom. The molecule has 0 unspecified atom stereocenters. The molecular formula is C16H10N2O5. The van der Waals surface area contributed by atoms with Crippen LogP contribution in [0.5, 0.6) is 23.0 Å². The summed E-state index contributed by atoms with van der Waals surface area (Å²) in [5, 5.41) is 5.46. The van der Waals surface area contributed by atoms with Gasteiger partial charge >= 0.3 is 0 Å². The van der Waals surface area contributed by atoms with E-state index in [-0.39, 0.29) is 19.1 Å². The van der Waals surface area contributed by atoms with Gasteiger partial charge in [0.1, 0.15) is 0 Å². The van der Waals surface area contributed by atoms with E-state index in [1.807, 2.05) is 0 Å². The van der Waals surface area contributed by atoms with Gasteiger partial charge in [-0.15, -0.1) is 0 Å². The number of benzene rings is 2. The van der Waals surface area contributed by atoms with E-state index in [2.05, 4.69) is 5.10 Å². The third-order valence-electron chi connectivity index (χ3n) is 3.88. The normalized spacial score (nSPS) is 14.4. The minimum Gasteiger partial charge on any atom is -0.454 e. The molecule has 0 fully saturated rings. The molecule has 0 spiro atoms. The fraction of sp³-hybridized carbons (Fsp3) is 0.125. The first-order valence-corrected chi connectivity index (χ1v) is 7.01. The largest absolute Gasteiger partial charge is 0.454 e. The summed E-state index contributed by atoms with van der Waals surface area (Å²) in [6.07, 6.45) is 1.63. The molecule has 0 amide bonds. The lowest BCUT2D eigenvalue weighted by Crippen LogP contribution is -2.20. The van der Waals surface area contributed by atoms with E-state index in [9.17, 15) is 4.79 Å². The number of nitrogens with zero attached hydrogens (tertiary/aromatic N) is 2. The molecule has 3 aromatic rings. The summed E-state index contributed by atoms with van der Waals surface area (Å²) in [6, 6.07) is 8.70. The van der Waals surface area contributed by atoms with E-state index >= 15 is 0 Å². The number of hydrogen-bond donors (Lipinski definition) is 0. The lowest BCUT2D eigenvalue weighted by molar-refractivity contribution is 0.173. The molecule has 7 heteroatoms. The Balaban J connectivity index is 1.72. The van der Waals surface area contributed by atoms with Gasteiger partial charge in [-0.25, -0.2) is 0 Å². The standard InChI is InChI=1S/C16H10N2O5/c19-16-11-5-15-13(21-8-23-15)3-9(11)6-17-18(16)10-1-2-12-14(4-10)22-7-20-12/h1-6H,7-8H2. The van der Waals surface area contributed by atoms with Gasteiger partial charge in [0.2, 0.25) is 13.6 Å². The van der Waals surface area contributed by atoms with Crippen LogP contribution in [0.1, 0.15) is 0 Å². The van der Waals surface area contributed by atoms with Gasteiger partial charge in [0.15, 0.2) is 23.0 Å². The van der Waals surface area contributed by atoms with Crippen LogP contribution < -0.4 is 24.5 Å². The first-order chi connectivity index (χ1) is 11.3. The fourth-order valence-corrected chi connectivity index (χ4v) is 2.74. The maximum atomic E-state index is 12.8. The maximum Gasteiger partial charge on any atom is 0.279 e. The first kappa shape index (κ1) is 12.3. The molecule has 23 heavy (non-hydrogen) atoms. The van der Waals surface area contributed by atoms with Crippen molar-refractivity contribution in [1.29, 1.82) is 0 Å². The van der Waals surface area contributed by atoms with Crippen LogP contribution in [0.4, 0.5) is 0 Å². The maximum absolute atomic E-state index is 12.8. The van der Waals surface area contributed by atoms with Crippen molar-refractivity contribution in [1.82, 2.24) is 9.78 Å². The van der Waals surface area contributed by atoms with Crippen LogP contribution in [0.3, 0.4) is 0 Å². The predicted octanol–water partition coefficient (Wildman–Crippen LogP) is 1.84. The second-order valence-electron chi connectivity index (χ2n) is 5.19. The van der Waals surface area contributed by atoms with E-state index < -0.39 is 0 Å². The van der Waals surface area contributed by atoms with Crippen LogP contribution >= 0.6 is 0 Å². The first-order valence-electron chi connectivity index (χ1n) is 7.01. The van der Waals surface area contributed by atoms with Crippen molar-refractivity contribution in [2.75, 3.05) is 13.6 Å². The predicted molar refractivity (Wildman–Crippen MR) is 79.6 cm³/mol. The molecule has 2 aliphatic rings. The highest BCUT2D eigenvalue weighted by molar-refractivity contribution is 5.85. The minimum atomic E-state index is -0.236. The molecular weight excluding hydrogens is 300 g/mol. The zero-order valence-corrected chi connectivity index (χ0v) is 11.8. The number of ether oxygens (including phenoxy) is 4. The molecule has 0 atom stereocenters. The Morgan fingerprint density at radius 3 is 2.39 bits per heavy atom. The summed E-state index contributed by atoms with van der Waals surface area (Å²) in [5.74, 6) is 2.45. The third kappa shape index (κ3) is 1.76. The van der Waals surface area contributed by atoms with Crippen molar-refractivity contribution in [3.8, 4) is 28.7 Å². The van der Waals surface area contributed by atoms with Crippen LogP contribution in [0, 0.1) is 0 Å². The molecule has 1 aromatic heterocycles. The average Bonchev–Trinajstić information content (AvgIpc) is 3.21. The van der Waals surface area contributed by atoms with Crippen molar-refractivity contribution in [2.24, 2.45) is 0 Å². The van der Waals surface area contributed by atoms with Crippen molar-refractivity contribution in [3.05, 3.63) is 46.9 Å². The molecule has 7 nitrogen and oxygen atoms in total. The SMILES string of the molecule is O=c1c2cc3c(cc2cnn1-c1ccc2c(c1)OCO2)OCO3. The zero-order valence-electron chi connectivity index (χ0n) is 11.8. The van der Waals surface area contributed by atoms with E-state index in [4.69, 9.17) is 18.9 Å². The molecule has 0 saturated carbocycles. The van der Waals surface area contributed by atoms with Gasteiger partial charge in [0.05, 0.1) is 17.3 Å². The second kappa shape index (κ2) is 4.39. The van der Waals surface area contributed by atoms with Crippen LogP contribution in [-0.4, -0.2) is 23.4 Å². The molecule has 0 bridgehead atoms. The number of aromatic nitrogens is 2. The molecule has 3 heterocycles. The van der Waals surface area contributed by atoms with Crippen molar-refractivity contribution >= 4 is 10.8 Å². The monoisotopic (exact) mass is 310 g/mol. The lowest BCUT2D eigenvalue weighted by atomic mass is 10.2. The van der Waals surface area contributed by atoms with Gasteiger partial charge in [-0.05, 0) is 24.3 Å². The highest BCUT2D eigenvalue weighted by Gasteiger charge is 2.18. The fourth-order valence-electron chi connectivity index (χ4n) is 2.74. The molecule has 114 valence electrons. The molecule has 5 rings (SSSR count). The summed E-state index contributed by atoms with van der Waals surface area (Å²) >= 11 is 0. The molecule has 0 saturated heterocycles. The highest BCUT2D eigenvalue weighted by atomic mass is 16.7. The van der Waals surface area contributed by atoms with Gasteiger partial charge in [0, 0.05) is 11.5 Å². The van der Waals surface area contributed by atoms with Crippen molar-refractivity contribution in [2.45, 2.75) is 0 Å². The summed E-state index contributed by atoms with van der Waals surface area (Å²) in [4.78, 5) is 12.8. The minimum absolute atomic E-state index is 0.162. The quantitative estimate of drug-likeness (QED) is 0.683.